The molecule has 2 aromatic heterocycles. The van der Waals surface area contributed by atoms with Crippen molar-refractivity contribution in [3.8, 4) is 0 Å². The van der Waals surface area contributed by atoms with Crippen molar-refractivity contribution in [3.63, 3.8) is 0 Å². The Kier molecular flexibility index (Phi) is 4.25. The van der Waals surface area contributed by atoms with Crippen LogP contribution in [0.1, 0.15) is 19.5 Å². The average Bonchev–Trinajstić information content (AvgIpc) is 2.94. The van der Waals surface area contributed by atoms with Gasteiger partial charge in [-0.2, -0.15) is 0 Å². The van der Waals surface area contributed by atoms with Gasteiger partial charge in [-0.3, -0.25) is 14.1 Å². The number of carbonyl (C=O) groups excluding carboxylic acids is 1. The van der Waals surface area contributed by atoms with E-state index < -0.39 is 0 Å². The minimum atomic E-state index is -0.0343. The Morgan fingerprint density at radius 3 is 2.33 bits per heavy atom. The molecule has 24 heavy (non-hydrogen) atoms. The molecule has 0 radical (unpaired) electrons. The monoisotopic (exact) mass is 322 g/mol. The van der Waals surface area contributed by atoms with Crippen LogP contribution in [0.2, 0.25) is 0 Å². The predicted octanol–water partition coefficient (Wildman–Crippen LogP) is 3.65. The zero-order valence-corrected chi connectivity index (χ0v) is 14.5. The first-order chi connectivity index (χ1) is 11.5. The van der Waals surface area contributed by atoms with Crippen molar-refractivity contribution in [2.75, 3.05) is 23.9 Å². The zero-order valence-electron chi connectivity index (χ0n) is 14.5. The lowest BCUT2D eigenvalue weighted by atomic mass is 10.2. The van der Waals surface area contributed by atoms with E-state index in [-0.39, 0.29) is 5.91 Å². The second-order valence-corrected chi connectivity index (χ2v) is 5.93. The Morgan fingerprint density at radius 1 is 1.08 bits per heavy atom. The fourth-order valence-electron chi connectivity index (χ4n) is 2.86. The fraction of sp³-hybridized carbons (Fsp3) is 0.263. The van der Waals surface area contributed by atoms with Crippen LogP contribution >= 0.6 is 0 Å². The lowest BCUT2D eigenvalue weighted by Gasteiger charge is -2.23. The summed E-state index contributed by atoms with van der Waals surface area (Å²) in [5.41, 5.74) is 3.69. The van der Waals surface area contributed by atoms with Gasteiger partial charge in [-0.1, -0.05) is 13.0 Å². The summed E-state index contributed by atoms with van der Waals surface area (Å²) in [6, 6.07) is 13.8. The van der Waals surface area contributed by atoms with Gasteiger partial charge < -0.3 is 4.90 Å². The van der Waals surface area contributed by atoms with Crippen LogP contribution < -0.4 is 9.80 Å². The molecule has 0 spiro atoms. The molecule has 0 saturated heterocycles. The third-order valence-electron chi connectivity index (χ3n) is 4.06. The molecule has 124 valence electrons. The number of benzene rings is 1. The third-order valence-corrected chi connectivity index (χ3v) is 4.06. The maximum atomic E-state index is 12.4. The highest BCUT2D eigenvalue weighted by molar-refractivity contribution is 5.99. The van der Waals surface area contributed by atoms with Gasteiger partial charge in [-0.15, -0.1) is 0 Å². The normalized spacial score (nSPS) is 10.8. The van der Waals surface area contributed by atoms with E-state index in [0.717, 1.165) is 35.0 Å². The Balaban J connectivity index is 2.17. The number of nitrogens with zero attached hydrogens (tertiary/aromatic N) is 4. The maximum absolute atomic E-state index is 12.4. The quantitative estimate of drug-likeness (QED) is 0.736. The molecule has 0 aliphatic carbocycles. The summed E-state index contributed by atoms with van der Waals surface area (Å²) in [6.45, 7) is 3.64. The highest BCUT2D eigenvalue weighted by atomic mass is 16.2. The molecule has 0 bridgehead atoms. The first-order valence-corrected chi connectivity index (χ1v) is 8.07. The first-order valence-electron chi connectivity index (χ1n) is 8.07. The van der Waals surface area contributed by atoms with Gasteiger partial charge in [-0.25, -0.2) is 4.98 Å². The van der Waals surface area contributed by atoms with Crippen LogP contribution in [0.5, 0.6) is 0 Å². The number of hydrogen-bond donors (Lipinski definition) is 0. The highest BCUT2D eigenvalue weighted by Crippen LogP contribution is 2.31. The standard InChI is InChI=1S/C19H22N4O/c1-5-17-19(22-13-7-6-8-18(22)20-17)23(14(2)24)16-11-9-15(10-12-16)21(3)4/h6-13H,5H2,1-4H3. The van der Waals surface area contributed by atoms with Crippen molar-refractivity contribution in [2.24, 2.45) is 0 Å². The van der Waals surface area contributed by atoms with Crippen LogP contribution in [0.25, 0.3) is 5.65 Å². The van der Waals surface area contributed by atoms with Crippen LogP contribution in [-0.4, -0.2) is 29.4 Å². The van der Waals surface area contributed by atoms with Gasteiger partial charge in [0.25, 0.3) is 0 Å². The van der Waals surface area contributed by atoms with E-state index in [9.17, 15) is 4.79 Å². The van der Waals surface area contributed by atoms with Crippen LogP contribution in [0.4, 0.5) is 17.2 Å². The number of pyridine rings is 1. The van der Waals surface area contributed by atoms with Crippen LogP contribution in [0, 0.1) is 0 Å². The zero-order chi connectivity index (χ0) is 17.3. The maximum Gasteiger partial charge on any atom is 0.229 e. The predicted molar refractivity (Wildman–Crippen MR) is 98.2 cm³/mol. The molecule has 1 amide bonds. The topological polar surface area (TPSA) is 40.9 Å². The summed E-state index contributed by atoms with van der Waals surface area (Å²) >= 11 is 0. The molecule has 3 rings (SSSR count). The number of amides is 1. The summed E-state index contributed by atoms with van der Waals surface area (Å²) < 4.78 is 1.97. The van der Waals surface area contributed by atoms with E-state index in [2.05, 4.69) is 11.9 Å². The molecule has 2 heterocycles. The number of aromatic nitrogens is 2. The van der Waals surface area contributed by atoms with Crippen LogP contribution in [-0.2, 0) is 11.2 Å². The van der Waals surface area contributed by atoms with Gasteiger partial charge in [0, 0.05) is 32.9 Å². The molecular weight excluding hydrogens is 300 g/mol. The largest absolute Gasteiger partial charge is 0.378 e. The van der Waals surface area contributed by atoms with E-state index in [1.54, 1.807) is 11.8 Å². The summed E-state index contributed by atoms with van der Waals surface area (Å²) in [5, 5.41) is 0. The Hall–Kier alpha value is -2.82. The smallest absolute Gasteiger partial charge is 0.229 e. The van der Waals surface area contributed by atoms with E-state index in [0.29, 0.717) is 0 Å². The van der Waals surface area contributed by atoms with E-state index >= 15 is 0 Å². The molecule has 0 aliphatic heterocycles. The van der Waals surface area contributed by atoms with E-state index in [1.807, 2.05) is 72.1 Å². The number of fused-ring (bicyclic) bond motifs is 1. The molecule has 0 unspecified atom stereocenters. The molecule has 5 heteroatoms. The summed E-state index contributed by atoms with van der Waals surface area (Å²) in [7, 11) is 3.99. The second kappa shape index (κ2) is 6.35. The Bertz CT molecular complexity index is 865. The summed E-state index contributed by atoms with van der Waals surface area (Å²) in [4.78, 5) is 20.9. The van der Waals surface area contributed by atoms with Crippen LogP contribution in [0.15, 0.2) is 48.7 Å². The first kappa shape index (κ1) is 16.1. The SMILES string of the molecule is CCc1nc2ccccn2c1N(C(C)=O)c1ccc(N(C)C)cc1. The van der Waals surface area contributed by atoms with Crippen molar-refractivity contribution in [1.29, 1.82) is 0 Å². The molecule has 0 N–H and O–H groups in total. The number of aryl methyl sites for hydroxylation is 1. The van der Waals surface area contributed by atoms with Crippen molar-refractivity contribution in [1.82, 2.24) is 9.38 Å². The Morgan fingerprint density at radius 2 is 1.75 bits per heavy atom. The summed E-state index contributed by atoms with van der Waals surface area (Å²) in [5.74, 6) is 0.783. The van der Waals surface area contributed by atoms with Gasteiger partial charge >= 0.3 is 0 Å². The molecule has 0 saturated carbocycles. The fourth-order valence-corrected chi connectivity index (χ4v) is 2.86. The minimum absolute atomic E-state index is 0.0343. The molecule has 5 nitrogen and oxygen atoms in total. The van der Waals surface area contributed by atoms with Crippen molar-refractivity contribution in [2.45, 2.75) is 20.3 Å². The number of imidazole rings is 1. The van der Waals surface area contributed by atoms with Gasteiger partial charge in [0.2, 0.25) is 5.91 Å². The minimum Gasteiger partial charge on any atom is -0.378 e. The third kappa shape index (κ3) is 2.73. The van der Waals surface area contributed by atoms with Gasteiger partial charge in [0.05, 0.1) is 11.4 Å². The van der Waals surface area contributed by atoms with E-state index in [4.69, 9.17) is 0 Å². The van der Waals surface area contributed by atoms with Crippen molar-refractivity contribution >= 4 is 28.7 Å². The number of anilines is 3. The van der Waals surface area contributed by atoms with Gasteiger partial charge in [0.15, 0.2) is 0 Å². The summed E-state index contributed by atoms with van der Waals surface area (Å²) in [6.07, 6.45) is 2.71. The van der Waals surface area contributed by atoms with Crippen molar-refractivity contribution < 1.29 is 4.79 Å². The van der Waals surface area contributed by atoms with E-state index in [1.165, 1.54) is 0 Å². The van der Waals surface area contributed by atoms with Gasteiger partial charge in [0.1, 0.15) is 11.5 Å². The number of carbonyl (C=O) groups is 1. The van der Waals surface area contributed by atoms with Crippen LogP contribution in [0.3, 0.4) is 0 Å². The van der Waals surface area contributed by atoms with Crippen molar-refractivity contribution in [3.05, 3.63) is 54.4 Å². The van der Waals surface area contributed by atoms with Gasteiger partial charge in [-0.05, 0) is 42.8 Å². The molecule has 0 fully saturated rings. The molecule has 1 aromatic carbocycles. The lowest BCUT2D eigenvalue weighted by molar-refractivity contribution is -0.115. The lowest BCUT2D eigenvalue weighted by Crippen LogP contribution is -2.25. The number of rotatable bonds is 4. The second-order valence-electron chi connectivity index (χ2n) is 5.93. The number of hydrogen-bond acceptors (Lipinski definition) is 3. The molecular formula is C19H22N4O. The highest BCUT2D eigenvalue weighted by Gasteiger charge is 2.22. The molecule has 0 atom stereocenters. The molecule has 3 aromatic rings. The molecule has 0 aliphatic rings. The average molecular weight is 322 g/mol. The Labute approximate surface area is 142 Å².